The lowest BCUT2D eigenvalue weighted by molar-refractivity contribution is -0.119. The highest BCUT2D eigenvalue weighted by Crippen LogP contribution is 1.93. The molecule has 2 fully saturated rings. The zero-order valence-electron chi connectivity index (χ0n) is 9.63. The van der Waals surface area contributed by atoms with Crippen molar-refractivity contribution in [2.45, 2.75) is 25.7 Å². The lowest BCUT2D eigenvalue weighted by atomic mass is 10.4. The average Bonchev–Trinajstić information content (AvgIpc) is 2.93. The Balaban J connectivity index is 0.000000217. The van der Waals surface area contributed by atoms with Gasteiger partial charge in [-0.05, 0) is 12.8 Å². The zero-order valence-corrected chi connectivity index (χ0v) is 9.63. The van der Waals surface area contributed by atoms with Gasteiger partial charge in [0.1, 0.15) is 0 Å². The minimum atomic E-state index is 0.204. The Kier molecular flexibility index (Phi) is 9.64. The first-order valence-electron chi connectivity index (χ1n) is 5.64. The molecule has 2 aliphatic rings. The number of rotatable bonds is 1. The molecule has 6 nitrogen and oxygen atoms in total. The van der Waals surface area contributed by atoms with Crippen molar-refractivity contribution >= 4 is 11.8 Å². The minimum Gasteiger partial charge on any atom is -0.356 e. The highest BCUT2D eigenvalue weighted by molar-refractivity contribution is 5.77. The summed E-state index contributed by atoms with van der Waals surface area (Å²) in [4.78, 5) is 20.3. The van der Waals surface area contributed by atoms with E-state index in [1.165, 1.54) is 0 Å². The summed E-state index contributed by atoms with van der Waals surface area (Å²) in [5.74, 6) is 0.407. The van der Waals surface area contributed by atoms with E-state index in [2.05, 4.69) is 10.6 Å². The molecule has 0 aromatic carbocycles. The SMILES string of the molecule is NCCN.O=C1CCCN1.O=C1CCCN1. The molecule has 0 aromatic rings. The third-order valence-electron chi connectivity index (χ3n) is 1.97. The molecular formula is C10H22N4O2. The summed E-state index contributed by atoms with van der Waals surface area (Å²) < 4.78 is 0. The van der Waals surface area contributed by atoms with Crippen LogP contribution in [-0.4, -0.2) is 38.0 Å². The highest BCUT2D eigenvalue weighted by atomic mass is 16.2. The van der Waals surface area contributed by atoms with Crippen LogP contribution in [0.4, 0.5) is 0 Å². The largest absolute Gasteiger partial charge is 0.356 e. The molecule has 2 amide bonds. The Morgan fingerprint density at radius 3 is 1.31 bits per heavy atom. The fraction of sp³-hybridized carbons (Fsp3) is 0.800. The van der Waals surface area contributed by atoms with Gasteiger partial charge in [-0.25, -0.2) is 0 Å². The number of hydrogen-bond acceptors (Lipinski definition) is 4. The van der Waals surface area contributed by atoms with E-state index in [0.717, 1.165) is 38.8 Å². The van der Waals surface area contributed by atoms with Crippen molar-refractivity contribution in [1.82, 2.24) is 10.6 Å². The third-order valence-corrected chi connectivity index (χ3v) is 1.97. The Bertz CT molecular complexity index is 171. The summed E-state index contributed by atoms with van der Waals surface area (Å²) in [6.45, 7) is 2.97. The average molecular weight is 230 g/mol. The highest BCUT2D eigenvalue weighted by Gasteiger charge is 2.05. The lowest BCUT2D eigenvalue weighted by Gasteiger charge is -1.80. The fourth-order valence-corrected chi connectivity index (χ4v) is 1.13. The Hall–Kier alpha value is -1.14. The first-order valence-corrected chi connectivity index (χ1v) is 5.64. The molecular weight excluding hydrogens is 208 g/mol. The van der Waals surface area contributed by atoms with Crippen molar-refractivity contribution in [1.29, 1.82) is 0 Å². The monoisotopic (exact) mass is 230 g/mol. The molecule has 0 aromatic heterocycles. The number of carbonyl (C=O) groups excluding carboxylic acids is 2. The summed E-state index contributed by atoms with van der Waals surface area (Å²) >= 11 is 0. The van der Waals surface area contributed by atoms with Gasteiger partial charge in [-0.15, -0.1) is 0 Å². The summed E-state index contributed by atoms with van der Waals surface area (Å²) in [7, 11) is 0. The molecule has 2 aliphatic heterocycles. The lowest BCUT2D eigenvalue weighted by Crippen LogP contribution is -2.12. The van der Waals surface area contributed by atoms with Gasteiger partial charge in [-0.1, -0.05) is 0 Å². The number of carbonyl (C=O) groups is 2. The maximum atomic E-state index is 10.1. The van der Waals surface area contributed by atoms with Crippen molar-refractivity contribution in [3.05, 3.63) is 0 Å². The smallest absolute Gasteiger partial charge is 0.220 e. The predicted octanol–water partition coefficient (Wildman–Crippen LogP) is -1.30. The Morgan fingerprint density at radius 2 is 1.25 bits per heavy atom. The van der Waals surface area contributed by atoms with Gasteiger partial charge >= 0.3 is 0 Å². The summed E-state index contributed by atoms with van der Waals surface area (Å²) in [5, 5.41) is 5.36. The summed E-state index contributed by atoms with van der Waals surface area (Å²) in [5.41, 5.74) is 9.81. The second-order valence-corrected chi connectivity index (χ2v) is 3.48. The molecule has 0 atom stereocenters. The first-order chi connectivity index (χ1) is 7.70. The van der Waals surface area contributed by atoms with Crippen LogP contribution in [0.15, 0.2) is 0 Å². The molecule has 6 heteroatoms. The Morgan fingerprint density at radius 1 is 0.875 bits per heavy atom. The van der Waals surface area contributed by atoms with E-state index in [4.69, 9.17) is 11.5 Å². The summed E-state index contributed by atoms with van der Waals surface area (Å²) in [6.07, 6.45) is 3.53. The van der Waals surface area contributed by atoms with Crippen molar-refractivity contribution < 1.29 is 9.59 Å². The van der Waals surface area contributed by atoms with E-state index in [0.29, 0.717) is 13.1 Å². The van der Waals surface area contributed by atoms with E-state index in [-0.39, 0.29) is 11.8 Å². The fourth-order valence-electron chi connectivity index (χ4n) is 1.13. The van der Waals surface area contributed by atoms with Gasteiger partial charge in [0.05, 0.1) is 0 Å². The molecule has 0 spiro atoms. The van der Waals surface area contributed by atoms with E-state index < -0.39 is 0 Å². The molecule has 2 heterocycles. The van der Waals surface area contributed by atoms with Crippen molar-refractivity contribution in [3.63, 3.8) is 0 Å². The molecule has 16 heavy (non-hydrogen) atoms. The van der Waals surface area contributed by atoms with Crippen LogP contribution in [0.1, 0.15) is 25.7 Å². The van der Waals surface area contributed by atoms with Gasteiger partial charge in [0, 0.05) is 39.0 Å². The van der Waals surface area contributed by atoms with Crippen molar-refractivity contribution in [3.8, 4) is 0 Å². The molecule has 0 aliphatic carbocycles. The standard InChI is InChI=1S/2C4H7NO.C2H8N2/c2*6-4-2-1-3-5-4;3-1-2-4/h2*1-3H2,(H,5,6);1-4H2. The molecule has 6 N–H and O–H groups in total. The second kappa shape index (κ2) is 10.4. The van der Waals surface area contributed by atoms with Crippen LogP contribution in [-0.2, 0) is 9.59 Å². The zero-order chi connectivity index (χ0) is 12.2. The Labute approximate surface area is 96.1 Å². The first kappa shape index (κ1) is 14.9. The second-order valence-electron chi connectivity index (χ2n) is 3.48. The molecule has 0 saturated carbocycles. The van der Waals surface area contributed by atoms with Gasteiger partial charge in [0.15, 0.2) is 0 Å². The van der Waals surface area contributed by atoms with Crippen LogP contribution in [0.25, 0.3) is 0 Å². The van der Waals surface area contributed by atoms with E-state index >= 15 is 0 Å². The molecule has 0 radical (unpaired) electrons. The minimum absolute atomic E-state index is 0.204. The van der Waals surface area contributed by atoms with Crippen molar-refractivity contribution in [2.75, 3.05) is 26.2 Å². The molecule has 94 valence electrons. The number of nitrogens with two attached hydrogens (primary N) is 2. The third kappa shape index (κ3) is 9.42. The molecule has 0 unspecified atom stereocenters. The van der Waals surface area contributed by atoms with Gasteiger partial charge in [0.2, 0.25) is 11.8 Å². The van der Waals surface area contributed by atoms with E-state index in [9.17, 15) is 9.59 Å². The van der Waals surface area contributed by atoms with Crippen LogP contribution in [0.3, 0.4) is 0 Å². The van der Waals surface area contributed by atoms with E-state index in [1.807, 2.05) is 0 Å². The van der Waals surface area contributed by atoms with E-state index in [1.54, 1.807) is 0 Å². The van der Waals surface area contributed by atoms with Gasteiger partial charge in [-0.3, -0.25) is 9.59 Å². The van der Waals surface area contributed by atoms with Crippen LogP contribution in [0.2, 0.25) is 0 Å². The quantitative estimate of drug-likeness (QED) is 0.448. The van der Waals surface area contributed by atoms with Crippen LogP contribution in [0.5, 0.6) is 0 Å². The van der Waals surface area contributed by atoms with Crippen LogP contribution >= 0.6 is 0 Å². The van der Waals surface area contributed by atoms with Crippen LogP contribution in [0, 0.1) is 0 Å². The number of amides is 2. The van der Waals surface area contributed by atoms with Crippen LogP contribution < -0.4 is 22.1 Å². The number of hydrogen-bond donors (Lipinski definition) is 4. The molecule has 2 saturated heterocycles. The normalized spacial score (nSPS) is 17.6. The predicted molar refractivity (Wildman–Crippen MR) is 62.6 cm³/mol. The molecule has 0 bridgehead atoms. The van der Waals surface area contributed by atoms with Gasteiger partial charge in [-0.2, -0.15) is 0 Å². The maximum absolute atomic E-state index is 10.1. The summed E-state index contributed by atoms with van der Waals surface area (Å²) in [6, 6.07) is 0. The topological polar surface area (TPSA) is 110 Å². The number of nitrogens with one attached hydrogen (secondary N) is 2. The van der Waals surface area contributed by atoms with Gasteiger partial charge in [0.25, 0.3) is 0 Å². The molecule has 2 rings (SSSR count). The maximum Gasteiger partial charge on any atom is 0.220 e. The van der Waals surface area contributed by atoms with Crippen molar-refractivity contribution in [2.24, 2.45) is 11.5 Å². The van der Waals surface area contributed by atoms with Gasteiger partial charge < -0.3 is 22.1 Å².